The van der Waals surface area contributed by atoms with Crippen molar-refractivity contribution in [3.63, 3.8) is 0 Å². The molecule has 0 spiro atoms. The zero-order chi connectivity index (χ0) is 23.9. The summed E-state index contributed by atoms with van der Waals surface area (Å²) in [5, 5.41) is 1.20. The van der Waals surface area contributed by atoms with Gasteiger partial charge in [0.15, 0.2) is 11.5 Å². The van der Waals surface area contributed by atoms with Gasteiger partial charge in [0.05, 0.1) is 12.3 Å². The molecule has 34 heavy (non-hydrogen) atoms. The Balaban J connectivity index is 1.53. The van der Waals surface area contributed by atoms with Crippen LogP contribution in [0.2, 0.25) is 0 Å². The van der Waals surface area contributed by atoms with Crippen LogP contribution in [-0.2, 0) is 14.4 Å². The first-order valence-electron chi connectivity index (χ1n) is 10.7. The number of esters is 1. The largest absolute Gasteiger partial charge is 0.490 e. The van der Waals surface area contributed by atoms with Crippen molar-refractivity contribution in [2.45, 2.75) is 6.92 Å². The molecular weight excluding hydrogens is 432 g/mol. The van der Waals surface area contributed by atoms with Gasteiger partial charge in [-0.05, 0) is 54.5 Å². The number of carbonyl (C=O) groups excluding carboxylic acids is 3. The molecule has 1 N–H and O–H groups in total. The van der Waals surface area contributed by atoms with E-state index in [2.05, 4.69) is 5.43 Å². The third-order valence-electron chi connectivity index (χ3n) is 4.91. The first kappa shape index (κ1) is 22.5. The molecule has 1 saturated heterocycles. The van der Waals surface area contributed by atoms with Crippen molar-refractivity contribution in [2.75, 3.05) is 11.6 Å². The van der Waals surface area contributed by atoms with Crippen LogP contribution in [0, 0.1) is 0 Å². The van der Waals surface area contributed by atoms with Gasteiger partial charge in [0.1, 0.15) is 5.57 Å². The molecule has 0 unspecified atom stereocenters. The van der Waals surface area contributed by atoms with Gasteiger partial charge in [0.25, 0.3) is 11.8 Å². The molecule has 1 heterocycles. The summed E-state index contributed by atoms with van der Waals surface area (Å²) in [6.45, 7) is 2.14. The molecule has 0 aromatic heterocycles. The molecule has 7 nitrogen and oxygen atoms in total. The van der Waals surface area contributed by atoms with Crippen LogP contribution in [0.3, 0.4) is 0 Å². The van der Waals surface area contributed by atoms with E-state index < -0.39 is 17.8 Å². The molecular formula is C27H22N2O5. The minimum atomic E-state index is -0.556. The van der Waals surface area contributed by atoms with Crippen molar-refractivity contribution in [2.24, 2.45) is 0 Å². The van der Waals surface area contributed by atoms with Crippen molar-refractivity contribution in [3.05, 3.63) is 102 Å². The van der Waals surface area contributed by atoms with Crippen molar-refractivity contribution >= 4 is 35.6 Å². The Morgan fingerprint density at radius 2 is 1.62 bits per heavy atom. The van der Waals surface area contributed by atoms with E-state index >= 15 is 0 Å². The third-order valence-corrected chi connectivity index (χ3v) is 4.91. The number of nitrogens with one attached hydrogen (secondary N) is 1. The molecule has 3 aromatic rings. The lowest BCUT2D eigenvalue weighted by Crippen LogP contribution is -2.35. The summed E-state index contributed by atoms with van der Waals surface area (Å²) in [4.78, 5) is 37.5. The summed E-state index contributed by atoms with van der Waals surface area (Å²) in [6, 6.07) is 23.0. The van der Waals surface area contributed by atoms with Crippen molar-refractivity contribution < 1.29 is 23.9 Å². The third kappa shape index (κ3) is 5.21. The van der Waals surface area contributed by atoms with E-state index in [0.29, 0.717) is 23.6 Å². The fourth-order valence-corrected chi connectivity index (χ4v) is 3.32. The highest BCUT2D eigenvalue weighted by atomic mass is 16.6. The molecule has 0 saturated carbocycles. The van der Waals surface area contributed by atoms with E-state index in [4.69, 9.17) is 9.47 Å². The monoisotopic (exact) mass is 454 g/mol. The fourth-order valence-electron chi connectivity index (χ4n) is 3.32. The number of para-hydroxylation sites is 1. The molecule has 4 rings (SSSR count). The molecule has 1 fully saturated rings. The minimum absolute atomic E-state index is 0.0122. The SMILES string of the molecule is CCOc1cc(/C=C2/C(=O)NN(c3ccccc3)C2=O)ccc1OC(=O)/C=C/c1ccccc1. The Kier molecular flexibility index (Phi) is 6.84. The molecule has 7 heteroatoms. The first-order valence-corrected chi connectivity index (χ1v) is 10.7. The molecule has 170 valence electrons. The maximum atomic E-state index is 12.8. The summed E-state index contributed by atoms with van der Waals surface area (Å²) in [7, 11) is 0. The van der Waals surface area contributed by atoms with Crippen LogP contribution < -0.4 is 19.9 Å². The molecule has 0 radical (unpaired) electrons. The second-order valence-electron chi connectivity index (χ2n) is 7.28. The quantitative estimate of drug-likeness (QED) is 0.251. The average Bonchev–Trinajstić information content (AvgIpc) is 3.14. The van der Waals surface area contributed by atoms with Gasteiger partial charge in [0, 0.05) is 6.08 Å². The Bertz CT molecular complexity index is 1270. The Morgan fingerprint density at radius 1 is 0.912 bits per heavy atom. The van der Waals surface area contributed by atoms with Crippen molar-refractivity contribution in [3.8, 4) is 11.5 Å². The van der Waals surface area contributed by atoms with Crippen LogP contribution in [0.5, 0.6) is 11.5 Å². The number of hydrazine groups is 1. The second-order valence-corrected chi connectivity index (χ2v) is 7.28. The smallest absolute Gasteiger partial charge is 0.336 e. The van der Waals surface area contributed by atoms with Crippen LogP contribution in [0.25, 0.3) is 12.2 Å². The van der Waals surface area contributed by atoms with E-state index in [0.717, 1.165) is 5.56 Å². The van der Waals surface area contributed by atoms with Crippen LogP contribution in [0.15, 0.2) is 90.5 Å². The van der Waals surface area contributed by atoms with Crippen LogP contribution in [0.4, 0.5) is 5.69 Å². The normalized spacial score (nSPS) is 14.5. The lowest BCUT2D eigenvalue weighted by atomic mass is 10.1. The Hall–Kier alpha value is -4.65. The zero-order valence-corrected chi connectivity index (χ0v) is 18.4. The molecule has 0 bridgehead atoms. The van der Waals surface area contributed by atoms with Gasteiger partial charge in [-0.15, -0.1) is 0 Å². The van der Waals surface area contributed by atoms with Gasteiger partial charge in [-0.1, -0.05) is 54.6 Å². The average molecular weight is 454 g/mol. The van der Waals surface area contributed by atoms with Crippen molar-refractivity contribution in [1.82, 2.24) is 5.43 Å². The maximum Gasteiger partial charge on any atom is 0.336 e. The minimum Gasteiger partial charge on any atom is -0.490 e. The van der Waals surface area contributed by atoms with E-state index in [1.807, 2.05) is 36.4 Å². The number of nitrogens with zero attached hydrogens (tertiary/aromatic N) is 1. The molecule has 1 aliphatic rings. The van der Waals surface area contributed by atoms with Crippen LogP contribution in [0.1, 0.15) is 18.1 Å². The van der Waals surface area contributed by atoms with Gasteiger partial charge >= 0.3 is 5.97 Å². The number of ether oxygens (including phenoxy) is 2. The molecule has 0 aliphatic carbocycles. The van der Waals surface area contributed by atoms with Gasteiger partial charge < -0.3 is 9.47 Å². The van der Waals surface area contributed by atoms with E-state index in [1.165, 1.54) is 17.2 Å². The number of hydrogen-bond donors (Lipinski definition) is 1. The maximum absolute atomic E-state index is 12.8. The highest BCUT2D eigenvalue weighted by Gasteiger charge is 2.34. The highest BCUT2D eigenvalue weighted by Crippen LogP contribution is 2.30. The van der Waals surface area contributed by atoms with Crippen molar-refractivity contribution in [1.29, 1.82) is 0 Å². The zero-order valence-electron chi connectivity index (χ0n) is 18.4. The molecule has 3 aromatic carbocycles. The summed E-state index contributed by atoms with van der Waals surface area (Å²) < 4.78 is 11.1. The fraction of sp³-hybridized carbons (Fsp3) is 0.0741. The second kappa shape index (κ2) is 10.3. The van der Waals surface area contributed by atoms with Crippen LogP contribution >= 0.6 is 0 Å². The molecule has 2 amide bonds. The van der Waals surface area contributed by atoms with E-state index in [9.17, 15) is 14.4 Å². The lowest BCUT2D eigenvalue weighted by molar-refractivity contribution is -0.129. The summed E-state index contributed by atoms with van der Waals surface area (Å²) in [5.41, 5.74) is 4.53. The van der Waals surface area contributed by atoms with Gasteiger partial charge in [-0.3, -0.25) is 15.0 Å². The van der Waals surface area contributed by atoms with Gasteiger partial charge in [-0.2, -0.15) is 0 Å². The summed E-state index contributed by atoms with van der Waals surface area (Å²) in [5.74, 6) is -0.965. The number of benzene rings is 3. The number of rotatable bonds is 7. The predicted molar refractivity (Wildman–Crippen MR) is 129 cm³/mol. The topological polar surface area (TPSA) is 84.9 Å². The number of amides is 2. The van der Waals surface area contributed by atoms with E-state index in [-0.39, 0.29) is 11.3 Å². The number of hydrogen-bond acceptors (Lipinski definition) is 5. The van der Waals surface area contributed by atoms with E-state index in [1.54, 1.807) is 55.5 Å². The summed E-state index contributed by atoms with van der Waals surface area (Å²) >= 11 is 0. The first-order chi connectivity index (χ1) is 16.5. The highest BCUT2D eigenvalue weighted by molar-refractivity contribution is 6.31. The lowest BCUT2D eigenvalue weighted by Gasteiger charge is -2.13. The number of carbonyl (C=O) groups is 3. The molecule has 0 atom stereocenters. The summed E-state index contributed by atoms with van der Waals surface area (Å²) in [6.07, 6.45) is 4.47. The Morgan fingerprint density at radius 3 is 2.32 bits per heavy atom. The van der Waals surface area contributed by atoms with Crippen LogP contribution in [-0.4, -0.2) is 24.4 Å². The van der Waals surface area contributed by atoms with Gasteiger partial charge in [0.2, 0.25) is 0 Å². The standard InChI is InChI=1S/C27H22N2O5/c1-2-33-24-18-20(13-15-23(24)34-25(30)16-14-19-9-5-3-6-10-19)17-22-26(31)28-29(27(22)32)21-11-7-4-8-12-21/h3-18H,2H2,1H3,(H,28,31)/b16-14+,22-17-. The Labute approximate surface area is 196 Å². The number of anilines is 1. The predicted octanol–water partition coefficient (Wildman–Crippen LogP) is 4.17. The van der Waals surface area contributed by atoms with Gasteiger partial charge in [-0.25, -0.2) is 9.80 Å². The molecule has 1 aliphatic heterocycles.